The van der Waals surface area contributed by atoms with Crippen molar-refractivity contribution in [2.75, 3.05) is 40.0 Å². The number of likely N-dealkylation sites (N-methyl/N-ethyl adjacent to an activating group) is 1. The molecule has 21 heavy (non-hydrogen) atoms. The minimum Gasteiger partial charge on any atom is -0.493 e. The summed E-state index contributed by atoms with van der Waals surface area (Å²) >= 11 is 0. The second-order valence-corrected chi connectivity index (χ2v) is 6.24. The number of nitrogens with two attached hydrogens (primary N) is 1. The molecular formula is C17H26N2O2. The SMILES string of the molecule is CN(CC1CCCOC1)C(CN)c1ccc2c(c1)CCO2. The standard InChI is InChI=1S/C17H26N2O2/c1-19(11-13-3-2-7-20-12-13)16(10-18)14-4-5-17-15(9-14)6-8-21-17/h4-5,9,13,16H,2-3,6-8,10-12,18H2,1H3. The first kappa shape index (κ1) is 14.8. The summed E-state index contributed by atoms with van der Waals surface area (Å²) in [6.07, 6.45) is 3.46. The monoisotopic (exact) mass is 290 g/mol. The molecule has 4 heteroatoms. The van der Waals surface area contributed by atoms with E-state index in [1.807, 2.05) is 0 Å². The summed E-state index contributed by atoms with van der Waals surface area (Å²) in [5, 5.41) is 0. The summed E-state index contributed by atoms with van der Waals surface area (Å²) in [5.41, 5.74) is 8.68. The van der Waals surface area contributed by atoms with Gasteiger partial charge in [0.1, 0.15) is 5.75 Å². The van der Waals surface area contributed by atoms with Gasteiger partial charge in [0.15, 0.2) is 0 Å². The molecule has 0 saturated carbocycles. The van der Waals surface area contributed by atoms with Crippen LogP contribution in [0.25, 0.3) is 0 Å². The van der Waals surface area contributed by atoms with E-state index in [0.717, 1.165) is 38.5 Å². The minimum absolute atomic E-state index is 0.276. The topological polar surface area (TPSA) is 47.7 Å². The van der Waals surface area contributed by atoms with Crippen molar-refractivity contribution in [2.24, 2.45) is 11.7 Å². The van der Waals surface area contributed by atoms with E-state index in [2.05, 4.69) is 30.1 Å². The summed E-state index contributed by atoms with van der Waals surface area (Å²) in [6, 6.07) is 6.80. The molecule has 1 aromatic carbocycles. The van der Waals surface area contributed by atoms with Gasteiger partial charge in [-0.15, -0.1) is 0 Å². The molecule has 2 N–H and O–H groups in total. The van der Waals surface area contributed by atoms with E-state index >= 15 is 0 Å². The Bertz CT molecular complexity index is 472. The Morgan fingerprint density at radius 2 is 2.29 bits per heavy atom. The van der Waals surface area contributed by atoms with Gasteiger partial charge in [0, 0.05) is 32.2 Å². The molecule has 1 fully saturated rings. The zero-order valence-electron chi connectivity index (χ0n) is 12.9. The number of hydrogen-bond acceptors (Lipinski definition) is 4. The van der Waals surface area contributed by atoms with Crippen molar-refractivity contribution in [3.8, 4) is 5.75 Å². The third kappa shape index (κ3) is 3.39. The predicted molar refractivity (Wildman–Crippen MR) is 83.6 cm³/mol. The highest BCUT2D eigenvalue weighted by molar-refractivity contribution is 5.40. The number of hydrogen-bond donors (Lipinski definition) is 1. The van der Waals surface area contributed by atoms with Gasteiger partial charge in [0.2, 0.25) is 0 Å². The Hall–Kier alpha value is -1.10. The summed E-state index contributed by atoms with van der Waals surface area (Å²) in [4.78, 5) is 2.39. The third-order valence-electron chi connectivity index (χ3n) is 4.65. The van der Waals surface area contributed by atoms with Crippen LogP contribution in [0.15, 0.2) is 18.2 Å². The first-order valence-corrected chi connectivity index (χ1v) is 8.01. The van der Waals surface area contributed by atoms with Crippen LogP contribution < -0.4 is 10.5 Å². The molecule has 0 aromatic heterocycles. The number of nitrogens with zero attached hydrogens (tertiary/aromatic N) is 1. The lowest BCUT2D eigenvalue weighted by molar-refractivity contribution is 0.0365. The summed E-state index contributed by atoms with van der Waals surface area (Å²) in [7, 11) is 2.18. The van der Waals surface area contributed by atoms with Crippen molar-refractivity contribution >= 4 is 0 Å². The van der Waals surface area contributed by atoms with Gasteiger partial charge in [-0.3, -0.25) is 4.90 Å². The average molecular weight is 290 g/mol. The Morgan fingerprint density at radius 1 is 1.38 bits per heavy atom. The molecule has 0 amide bonds. The third-order valence-corrected chi connectivity index (χ3v) is 4.65. The molecule has 0 aliphatic carbocycles. The van der Waals surface area contributed by atoms with Crippen molar-refractivity contribution < 1.29 is 9.47 Å². The molecule has 0 radical (unpaired) electrons. The van der Waals surface area contributed by atoms with Gasteiger partial charge in [-0.25, -0.2) is 0 Å². The molecule has 2 aliphatic rings. The van der Waals surface area contributed by atoms with Gasteiger partial charge in [0.25, 0.3) is 0 Å². The van der Waals surface area contributed by atoms with Crippen LogP contribution in [0.2, 0.25) is 0 Å². The Morgan fingerprint density at radius 3 is 3.05 bits per heavy atom. The molecule has 116 valence electrons. The normalized spacial score (nSPS) is 22.9. The maximum atomic E-state index is 6.05. The maximum Gasteiger partial charge on any atom is 0.122 e. The van der Waals surface area contributed by atoms with Crippen LogP contribution in [0.1, 0.15) is 30.0 Å². The van der Waals surface area contributed by atoms with Crippen molar-refractivity contribution in [1.82, 2.24) is 4.90 Å². The van der Waals surface area contributed by atoms with Gasteiger partial charge in [-0.1, -0.05) is 12.1 Å². The number of benzene rings is 1. The second kappa shape index (κ2) is 6.77. The first-order valence-electron chi connectivity index (χ1n) is 8.01. The van der Waals surface area contributed by atoms with Crippen molar-refractivity contribution in [2.45, 2.75) is 25.3 Å². The molecule has 1 saturated heterocycles. The Kier molecular flexibility index (Phi) is 4.78. The van der Waals surface area contributed by atoms with Crippen molar-refractivity contribution in [3.05, 3.63) is 29.3 Å². The van der Waals surface area contributed by atoms with Crippen LogP contribution in [-0.4, -0.2) is 44.9 Å². The number of fused-ring (bicyclic) bond motifs is 1. The number of rotatable bonds is 5. The van der Waals surface area contributed by atoms with E-state index < -0.39 is 0 Å². The molecule has 0 spiro atoms. The zero-order chi connectivity index (χ0) is 14.7. The average Bonchev–Trinajstić information content (AvgIpc) is 2.96. The maximum absolute atomic E-state index is 6.05. The lowest BCUT2D eigenvalue weighted by Crippen LogP contribution is -2.36. The molecule has 2 heterocycles. The molecular weight excluding hydrogens is 264 g/mol. The van der Waals surface area contributed by atoms with Gasteiger partial charge < -0.3 is 15.2 Å². The van der Waals surface area contributed by atoms with Crippen LogP contribution in [0.4, 0.5) is 0 Å². The van der Waals surface area contributed by atoms with Crippen LogP contribution in [0.3, 0.4) is 0 Å². The Labute approximate surface area is 127 Å². The molecule has 0 bridgehead atoms. The van der Waals surface area contributed by atoms with Crippen molar-refractivity contribution in [1.29, 1.82) is 0 Å². The fourth-order valence-corrected chi connectivity index (χ4v) is 3.47. The highest BCUT2D eigenvalue weighted by atomic mass is 16.5. The molecule has 2 atom stereocenters. The smallest absolute Gasteiger partial charge is 0.122 e. The molecule has 1 aromatic rings. The minimum atomic E-state index is 0.276. The summed E-state index contributed by atoms with van der Waals surface area (Å²) < 4.78 is 11.2. The molecule has 2 aliphatic heterocycles. The molecule has 4 nitrogen and oxygen atoms in total. The van der Waals surface area contributed by atoms with E-state index in [1.54, 1.807) is 0 Å². The lowest BCUT2D eigenvalue weighted by Gasteiger charge is -2.32. The quantitative estimate of drug-likeness (QED) is 0.901. The van der Waals surface area contributed by atoms with Crippen LogP contribution in [-0.2, 0) is 11.2 Å². The first-order chi connectivity index (χ1) is 10.3. The fraction of sp³-hybridized carbons (Fsp3) is 0.647. The van der Waals surface area contributed by atoms with Gasteiger partial charge in [-0.2, -0.15) is 0 Å². The van der Waals surface area contributed by atoms with E-state index in [9.17, 15) is 0 Å². The highest BCUT2D eigenvalue weighted by Gasteiger charge is 2.23. The summed E-state index contributed by atoms with van der Waals surface area (Å²) in [6.45, 7) is 4.31. The van der Waals surface area contributed by atoms with Gasteiger partial charge in [0.05, 0.1) is 13.2 Å². The highest BCUT2D eigenvalue weighted by Crippen LogP contribution is 2.30. The van der Waals surface area contributed by atoms with Gasteiger partial charge in [-0.05, 0) is 43.0 Å². The van der Waals surface area contributed by atoms with E-state index in [0.29, 0.717) is 12.5 Å². The largest absolute Gasteiger partial charge is 0.493 e. The fourth-order valence-electron chi connectivity index (χ4n) is 3.47. The van der Waals surface area contributed by atoms with Gasteiger partial charge >= 0.3 is 0 Å². The van der Waals surface area contributed by atoms with Crippen LogP contribution in [0.5, 0.6) is 5.75 Å². The van der Waals surface area contributed by atoms with E-state index in [-0.39, 0.29) is 6.04 Å². The van der Waals surface area contributed by atoms with Crippen LogP contribution >= 0.6 is 0 Å². The van der Waals surface area contributed by atoms with E-state index in [4.69, 9.17) is 15.2 Å². The molecule has 2 unspecified atom stereocenters. The van der Waals surface area contributed by atoms with E-state index in [1.165, 1.54) is 24.0 Å². The summed E-state index contributed by atoms with van der Waals surface area (Å²) in [5.74, 6) is 1.67. The lowest BCUT2D eigenvalue weighted by atomic mass is 9.98. The Balaban J connectivity index is 1.68. The van der Waals surface area contributed by atoms with Crippen molar-refractivity contribution in [3.63, 3.8) is 0 Å². The molecule has 3 rings (SSSR count). The second-order valence-electron chi connectivity index (χ2n) is 6.24. The predicted octanol–water partition coefficient (Wildman–Crippen LogP) is 1.98. The zero-order valence-corrected chi connectivity index (χ0v) is 12.9. The van der Waals surface area contributed by atoms with Crippen LogP contribution in [0, 0.1) is 5.92 Å². The number of ether oxygens (including phenoxy) is 2.